The van der Waals surface area contributed by atoms with Gasteiger partial charge in [-0.1, -0.05) is 34.1 Å². The van der Waals surface area contributed by atoms with Crippen LogP contribution in [0.1, 0.15) is 66.2 Å². The number of carbonyl (C=O) groups excluding carboxylic acids is 4. The minimum atomic E-state index is -0.875. The first kappa shape index (κ1) is 46.8. The quantitative estimate of drug-likeness (QED) is 0.0659. The van der Waals surface area contributed by atoms with Crippen molar-refractivity contribution < 1.29 is 19.2 Å². The molecule has 0 fully saturated rings. The molecule has 0 aliphatic rings. The van der Waals surface area contributed by atoms with Gasteiger partial charge in [0.15, 0.2) is 0 Å². The monoisotopic (exact) mass is 698 g/mol. The van der Waals surface area contributed by atoms with Gasteiger partial charge in [-0.15, -0.1) is 0 Å². The molecule has 0 saturated carbocycles. The van der Waals surface area contributed by atoms with Crippen molar-refractivity contribution in [2.75, 3.05) is 127 Å². The Balaban J connectivity index is 5.07. The van der Waals surface area contributed by atoms with E-state index in [9.17, 15) is 19.2 Å². The first-order chi connectivity index (χ1) is 23.2. The van der Waals surface area contributed by atoms with E-state index in [0.29, 0.717) is 32.6 Å². The van der Waals surface area contributed by atoms with Gasteiger partial charge in [0.25, 0.3) is 0 Å². The van der Waals surface area contributed by atoms with Crippen LogP contribution >= 0.6 is 0 Å². The van der Waals surface area contributed by atoms with Crippen molar-refractivity contribution in [1.82, 2.24) is 46.2 Å². The molecular formula is C36H75N9O4. The molecule has 2 atom stereocenters. The average molecular weight is 698 g/mol. The third-order valence-electron chi connectivity index (χ3n) is 9.26. The van der Waals surface area contributed by atoms with E-state index in [1.54, 1.807) is 0 Å². The maximum Gasteiger partial charge on any atom is 0.223 e. The molecule has 13 heteroatoms. The molecule has 0 radical (unpaired) electrons. The molecule has 288 valence electrons. The van der Waals surface area contributed by atoms with E-state index in [1.165, 1.54) is 0 Å². The zero-order valence-electron chi connectivity index (χ0n) is 33.0. The van der Waals surface area contributed by atoms with Gasteiger partial charge in [-0.2, -0.15) is 0 Å². The molecule has 0 aromatic rings. The highest BCUT2D eigenvalue weighted by Crippen LogP contribution is 2.31. The average Bonchev–Trinajstić information content (AvgIpc) is 3.06. The number of amides is 3. The standard InChI is InChI=1S/C36H75N9O4/c1-11-13-14-40-35(49)31(28-33(47)39-17-21-44(9)25-23-42(7)19-15-37-5)29-36(3,4)32(46)27-30(12-2)34(48)41-18-22-45(10)26-24-43(8)20-16-38-6/h30-31,37-38H,11-29H2,1-10H3,(H,39,47)(H,40,49)(H,41,48). The number of unbranched alkanes of at least 4 members (excludes halogenated alkanes) is 1. The fourth-order valence-electron chi connectivity index (χ4n) is 5.37. The van der Waals surface area contributed by atoms with E-state index in [0.717, 1.165) is 71.7 Å². The number of hydrogen-bond donors (Lipinski definition) is 5. The zero-order chi connectivity index (χ0) is 37.2. The summed E-state index contributed by atoms with van der Waals surface area (Å²) in [6.07, 6.45) is 2.70. The molecule has 0 saturated heterocycles. The van der Waals surface area contributed by atoms with Crippen LogP contribution in [-0.4, -0.2) is 170 Å². The number of carbonyl (C=O) groups is 4. The third kappa shape index (κ3) is 23.0. The summed E-state index contributed by atoms with van der Waals surface area (Å²) in [5.74, 6) is -1.66. The minimum Gasteiger partial charge on any atom is -0.356 e. The molecule has 3 amide bonds. The summed E-state index contributed by atoms with van der Waals surface area (Å²) >= 11 is 0. The highest BCUT2D eigenvalue weighted by molar-refractivity contribution is 5.91. The van der Waals surface area contributed by atoms with Gasteiger partial charge >= 0.3 is 0 Å². The van der Waals surface area contributed by atoms with Crippen molar-refractivity contribution in [2.24, 2.45) is 17.3 Å². The Bertz CT molecular complexity index is 921. The fraction of sp³-hybridized carbons (Fsp3) is 0.889. The van der Waals surface area contributed by atoms with Gasteiger partial charge in [-0.05, 0) is 61.5 Å². The van der Waals surface area contributed by atoms with Crippen LogP contribution in [0, 0.1) is 17.3 Å². The zero-order valence-corrected chi connectivity index (χ0v) is 33.0. The lowest BCUT2D eigenvalue weighted by atomic mass is 9.75. The van der Waals surface area contributed by atoms with Gasteiger partial charge in [0.2, 0.25) is 17.7 Å². The highest BCUT2D eigenvalue weighted by Gasteiger charge is 2.36. The molecule has 49 heavy (non-hydrogen) atoms. The van der Waals surface area contributed by atoms with Crippen LogP contribution in [0.2, 0.25) is 0 Å². The van der Waals surface area contributed by atoms with Crippen LogP contribution in [0.5, 0.6) is 0 Å². The van der Waals surface area contributed by atoms with Crippen LogP contribution in [0.3, 0.4) is 0 Å². The second kappa shape index (κ2) is 27.5. The predicted octanol–water partition coefficient (Wildman–Crippen LogP) is 0.709. The number of ketones is 1. The Morgan fingerprint density at radius 1 is 0.571 bits per heavy atom. The van der Waals surface area contributed by atoms with Gasteiger partial charge < -0.3 is 46.2 Å². The van der Waals surface area contributed by atoms with Crippen LogP contribution in [0.4, 0.5) is 0 Å². The SMILES string of the molecule is CCCCNC(=O)C(CC(=O)NCCN(C)CCN(C)CCNC)CC(C)(C)C(=O)CC(CC)C(=O)NCCN(C)CCN(C)CCNC. The summed E-state index contributed by atoms with van der Waals surface area (Å²) in [6, 6.07) is 0. The Kier molecular flexibility index (Phi) is 26.3. The molecule has 2 unspecified atom stereocenters. The molecule has 0 rings (SSSR count). The van der Waals surface area contributed by atoms with Gasteiger partial charge in [0.05, 0.1) is 0 Å². The van der Waals surface area contributed by atoms with Gasteiger partial charge in [-0.25, -0.2) is 0 Å². The Hall–Kier alpha value is -2.16. The minimum absolute atomic E-state index is 0.0155. The van der Waals surface area contributed by atoms with Crippen LogP contribution < -0.4 is 26.6 Å². The number of nitrogens with one attached hydrogen (secondary N) is 5. The van der Waals surface area contributed by atoms with E-state index in [2.05, 4.69) is 67.2 Å². The molecule has 0 spiro atoms. The van der Waals surface area contributed by atoms with E-state index in [-0.39, 0.29) is 42.8 Å². The normalized spacial score (nSPS) is 13.3. The molecule has 5 N–H and O–H groups in total. The van der Waals surface area contributed by atoms with Crippen molar-refractivity contribution >= 4 is 23.5 Å². The predicted molar refractivity (Wildman–Crippen MR) is 202 cm³/mol. The molecule has 0 aliphatic carbocycles. The van der Waals surface area contributed by atoms with E-state index in [4.69, 9.17) is 0 Å². The number of hydrogen-bond acceptors (Lipinski definition) is 10. The molecular weight excluding hydrogens is 622 g/mol. The lowest BCUT2D eigenvalue weighted by Gasteiger charge is -2.29. The highest BCUT2D eigenvalue weighted by atomic mass is 16.2. The Labute approximate surface area is 299 Å². The Morgan fingerprint density at radius 3 is 1.45 bits per heavy atom. The first-order valence-electron chi connectivity index (χ1n) is 18.6. The molecule has 0 heterocycles. The summed E-state index contributed by atoms with van der Waals surface area (Å²) in [4.78, 5) is 61.9. The van der Waals surface area contributed by atoms with E-state index < -0.39 is 17.3 Å². The maximum atomic E-state index is 13.6. The molecule has 13 nitrogen and oxygen atoms in total. The topological polar surface area (TPSA) is 141 Å². The number of rotatable bonds is 31. The van der Waals surface area contributed by atoms with Crippen molar-refractivity contribution in [3.63, 3.8) is 0 Å². The van der Waals surface area contributed by atoms with Crippen molar-refractivity contribution in [2.45, 2.75) is 66.2 Å². The summed E-state index contributed by atoms with van der Waals surface area (Å²) < 4.78 is 0. The van der Waals surface area contributed by atoms with Crippen LogP contribution in [0.15, 0.2) is 0 Å². The molecule has 0 aromatic carbocycles. The summed E-state index contributed by atoms with van der Waals surface area (Å²) in [5, 5.41) is 15.3. The van der Waals surface area contributed by atoms with E-state index in [1.807, 2.05) is 49.0 Å². The van der Waals surface area contributed by atoms with E-state index >= 15 is 0 Å². The number of likely N-dealkylation sites (N-methyl/N-ethyl adjacent to an activating group) is 6. The Morgan fingerprint density at radius 2 is 1.00 bits per heavy atom. The van der Waals surface area contributed by atoms with Crippen LogP contribution in [-0.2, 0) is 19.2 Å². The lowest BCUT2D eigenvalue weighted by molar-refractivity contribution is -0.136. The molecule has 0 aliphatic heterocycles. The first-order valence-corrected chi connectivity index (χ1v) is 18.6. The summed E-state index contributed by atoms with van der Waals surface area (Å²) in [7, 11) is 12.2. The van der Waals surface area contributed by atoms with Crippen molar-refractivity contribution in [3.05, 3.63) is 0 Å². The second-order valence-corrected chi connectivity index (χ2v) is 14.4. The second-order valence-electron chi connectivity index (χ2n) is 14.4. The summed E-state index contributed by atoms with van der Waals surface area (Å²) in [6.45, 7) is 18.1. The fourth-order valence-corrected chi connectivity index (χ4v) is 5.37. The smallest absolute Gasteiger partial charge is 0.223 e. The molecule has 0 bridgehead atoms. The number of nitrogens with zero attached hydrogens (tertiary/aromatic N) is 4. The van der Waals surface area contributed by atoms with Gasteiger partial charge in [0.1, 0.15) is 5.78 Å². The summed E-state index contributed by atoms with van der Waals surface area (Å²) in [5.41, 5.74) is -0.875. The number of Topliss-reactive ketones (excluding diaryl/α,β-unsaturated/α-hetero) is 1. The van der Waals surface area contributed by atoms with Crippen molar-refractivity contribution in [3.8, 4) is 0 Å². The van der Waals surface area contributed by atoms with Gasteiger partial charge in [-0.3, -0.25) is 19.2 Å². The molecule has 0 aromatic heterocycles. The van der Waals surface area contributed by atoms with Crippen molar-refractivity contribution in [1.29, 1.82) is 0 Å². The van der Waals surface area contributed by atoms with Crippen LogP contribution in [0.25, 0.3) is 0 Å². The lowest BCUT2D eigenvalue weighted by Crippen LogP contribution is -2.42. The van der Waals surface area contributed by atoms with Gasteiger partial charge in [0, 0.05) is 115 Å². The third-order valence-corrected chi connectivity index (χ3v) is 9.26. The maximum absolute atomic E-state index is 13.6. The largest absolute Gasteiger partial charge is 0.356 e.